The Bertz CT molecular complexity index is 584. The molecule has 0 radical (unpaired) electrons. The molecule has 8 heteroatoms. The van der Waals surface area contributed by atoms with Gasteiger partial charge in [-0.25, -0.2) is 14.8 Å². The van der Waals surface area contributed by atoms with E-state index >= 15 is 0 Å². The number of carbonyl (C=O) groups excluding carboxylic acids is 1. The van der Waals surface area contributed by atoms with Crippen molar-refractivity contribution in [2.24, 2.45) is 0 Å². The van der Waals surface area contributed by atoms with Crippen LogP contribution in [-0.2, 0) is 11.3 Å². The van der Waals surface area contributed by atoms with E-state index in [2.05, 4.69) is 14.9 Å². The van der Waals surface area contributed by atoms with E-state index in [9.17, 15) is 4.79 Å². The first-order chi connectivity index (χ1) is 11.2. The monoisotopic (exact) mass is 374 g/mol. The summed E-state index contributed by atoms with van der Waals surface area (Å²) in [6, 6.07) is 0.188. The van der Waals surface area contributed by atoms with E-state index in [1.54, 1.807) is 18.1 Å². The summed E-state index contributed by atoms with van der Waals surface area (Å²) in [5.41, 5.74) is 0.386. The van der Waals surface area contributed by atoms with Crippen molar-refractivity contribution >= 4 is 29.3 Å². The fourth-order valence-electron chi connectivity index (χ4n) is 2.66. The Kier molecular flexibility index (Phi) is 6.28. The van der Waals surface area contributed by atoms with Crippen LogP contribution in [0.15, 0.2) is 6.20 Å². The van der Waals surface area contributed by atoms with Gasteiger partial charge in [-0.15, -0.1) is 0 Å². The molecule has 2 heterocycles. The molecule has 24 heavy (non-hydrogen) atoms. The molecule has 0 aromatic carbocycles. The van der Waals surface area contributed by atoms with Gasteiger partial charge in [0.05, 0.1) is 0 Å². The highest BCUT2D eigenvalue weighted by molar-refractivity contribution is 6.32. The molecule has 1 aliphatic heterocycles. The summed E-state index contributed by atoms with van der Waals surface area (Å²) in [4.78, 5) is 24.1. The van der Waals surface area contributed by atoms with Crippen LogP contribution in [0.3, 0.4) is 0 Å². The minimum Gasteiger partial charge on any atom is -0.444 e. The first kappa shape index (κ1) is 19.2. The summed E-state index contributed by atoms with van der Waals surface area (Å²) in [5, 5.41) is 0.546. The van der Waals surface area contributed by atoms with Crippen molar-refractivity contribution in [2.45, 2.75) is 51.8 Å². The lowest BCUT2D eigenvalue weighted by Gasteiger charge is -2.37. The van der Waals surface area contributed by atoms with Crippen LogP contribution in [-0.4, -0.2) is 57.6 Å². The van der Waals surface area contributed by atoms with Crippen LogP contribution in [0.2, 0.25) is 10.4 Å². The van der Waals surface area contributed by atoms with Crippen molar-refractivity contribution in [3.63, 3.8) is 0 Å². The number of carbonyl (C=O) groups is 1. The number of likely N-dealkylation sites (tertiary alicyclic amines) is 1. The molecule has 6 nitrogen and oxygen atoms in total. The molecule has 2 rings (SSSR count). The van der Waals surface area contributed by atoms with Crippen LogP contribution in [0.25, 0.3) is 0 Å². The maximum Gasteiger partial charge on any atom is 0.410 e. The number of ether oxygens (including phenoxy) is 1. The van der Waals surface area contributed by atoms with E-state index in [1.807, 2.05) is 20.8 Å². The molecule has 1 aromatic heterocycles. The highest BCUT2D eigenvalue weighted by Gasteiger charge is 2.28. The van der Waals surface area contributed by atoms with E-state index in [-0.39, 0.29) is 17.4 Å². The van der Waals surface area contributed by atoms with Gasteiger partial charge in [0.2, 0.25) is 5.28 Å². The maximum absolute atomic E-state index is 12.2. The molecule has 1 fully saturated rings. The average Bonchev–Trinajstić information content (AvgIpc) is 2.48. The Balaban J connectivity index is 1.85. The number of piperidine rings is 1. The van der Waals surface area contributed by atoms with Crippen molar-refractivity contribution < 1.29 is 9.53 Å². The third-order valence-corrected chi connectivity index (χ3v) is 4.47. The molecular formula is C16H24Cl2N4O2. The van der Waals surface area contributed by atoms with Gasteiger partial charge in [-0.05, 0) is 45.2 Å². The molecule has 1 saturated heterocycles. The molecule has 0 atom stereocenters. The van der Waals surface area contributed by atoms with Gasteiger partial charge < -0.3 is 9.64 Å². The fourth-order valence-corrected chi connectivity index (χ4v) is 3.03. The van der Waals surface area contributed by atoms with Crippen molar-refractivity contribution in [3.05, 3.63) is 22.2 Å². The van der Waals surface area contributed by atoms with Gasteiger partial charge in [0, 0.05) is 44.5 Å². The Morgan fingerprint density at radius 3 is 2.54 bits per heavy atom. The lowest BCUT2D eigenvalue weighted by Crippen LogP contribution is -2.46. The van der Waals surface area contributed by atoms with Crippen LogP contribution < -0.4 is 0 Å². The third-order valence-electron chi connectivity index (χ3n) is 3.96. The summed E-state index contributed by atoms with van der Waals surface area (Å²) in [7, 11) is 1.80. The Morgan fingerprint density at radius 1 is 1.38 bits per heavy atom. The van der Waals surface area contributed by atoms with Crippen molar-refractivity contribution in [1.82, 2.24) is 19.8 Å². The highest BCUT2D eigenvalue weighted by atomic mass is 35.5. The van der Waals surface area contributed by atoms with Crippen LogP contribution in [0.5, 0.6) is 0 Å². The molecule has 0 aliphatic carbocycles. The second-order valence-electron chi connectivity index (χ2n) is 7.05. The Morgan fingerprint density at radius 2 is 2.00 bits per heavy atom. The summed E-state index contributed by atoms with van der Waals surface area (Å²) < 4.78 is 5.43. The van der Waals surface area contributed by atoms with E-state index in [4.69, 9.17) is 27.9 Å². The predicted molar refractivity (Wildman–Crippen MR) is 94.3 cm³/mol. The van der Waals surface area contributed by atoms with E-state index in [0.29, 0.717) is 11.7 Å². The Hall–Kier alpha value is -1.11. The summed E-state index contributed by atoms with van der Waals surface area (Å²) in [5.74, 6) is 0. The van der Waals surface area contributed by atoms with E-state index < -0.39 is 5.60 Å². The average molecular weight is 375 g/mol. The number of hydrogen-bond donors (Lipinski definition) is 0. The number of amides is 1. The van der Waals surface area contributed by atoms with Crippen LogP contribution >= 0.6 is 23.2 Å². The predicted octanol–water partition coefficient (Wildman–Crippen LogP) is 3.61. The number of nitrogens with zero attached hydrogens (tertiary/aromatic N) is 4. The van der Waals surface area contributed by atoms with Gasteiger partial charge in [0.15, 0.2) is 0 Å². The molecule has 0 N–H and O–H groups in total. The van der Waals surface area contributed by atoms with Gasteiger partial charge in [0.25, 0.3) is 0 Å². The molecule has 1 amide bonds. The summed E-state index contributed by atoms with van der Waals surface area (Å²) in [6.07, 6.45) is 3.18. The van der Waals surface area contributed by atoms with Gasteiger partial charge in [0.1, 0.15) is 10.8 Å². The van der Waals surface area contributed by atoms with E-state index in [0.717, 1.165) is 31.5 Å². The third kappa shape index (κ3) is 5.46. The Labute approximate surface area is 153 Å². The minimum absolute atomic E-state index is 0.154. The smallest absolute Gasteiger partial charge is 0.410 e. The van der Waals surface area contributed by atoms with E-state index in [1.165, 1.54) is 0 Å². The minimum atomic E-state index is -0.475. The zero-order chi connectivity index (χ0) is 17.9. The van der Waals surface area contributed by atoms with Gasteiger partial charge in [-0.1, -0.05) is 11.6 Å². The topological polar surface area (TPSA) is 58.6 Å². The number of hydrogen-bond acceptors (Lipinski definition) is 5. The summed E-state index contributed by atoms with van der Waals surface area (Å²) >= 11 is 11.8. The standard InChI is InChI=1S/C16H24Cl2N4O2/c1-16(2,3)24-15(23)21(4)12-5-7-22(8-6-12)10-11-9-19-14(18)20-13(11)17/h9,12H,5-8,10H2,1-4H3. The zero-order valence-electron chi connectivity index (χ0n) is 14.6. The molecule has 0 unspecified atom stereocenters. The van der Waals surface area contributed by atoms with Gasteiger partial charge in [-0.2, -0.15) is 0 Å². The molecule has 0 spiro atoms. The second-order valence-corrected chi connectivity index (χ2v) is 7.75. The van der Waals surface area contributed by atoms with Crippen LogP contribution in [0.4, 0.5) is 4.79 Å². The van der Waals surface area contributed by atoms with Crippen molar-refractivity contribution in [1.29, 1.82) is 0 Å². The molecule has 1 aliphatic rings. The highest BCUT2D eigenvalue weighted by Crippen LogP contribution is 2.22. The van der Waals surface area contributed by atoms with Crippen LogP contribution in [0, 0.1) is 0 Å². The molecule has 0 saturated carbocycles. The van der Waals surface area contributed by atoms with Gasteiger partial charge in [-0.3, -0.25) is 4.90 Å². The second kappa shape index (κ2) is 7.85. The normalized spacial score (nSPS) is 16.9. The largest absolute Gasteiger partial charge is 0.444 e. The molecule has 134 valence electrons. The lowest BCUT2D eigenvalue weighted by molar-refractivity contribution is 0.0149. The summed E-state index contributed by atoms with van der Waals surface area (Å²) in [6.45, 7) is 8.05. The van der Waals surface area contributed by atoms with Crippen molar-refractivity contribution in [3.8, 4) is 0 Å². The number of rotatable bonds is 3. The quantitative estimate of drug-likeness (QED) is 0.597. The number of halogens is 2. The van der Waals surface area contributed by atoms with Gasteiger partial charge >= 0.3 is 6.09 Å². The molecule has 1 aromatic rings. The van der Waals surface area contributed by atoms with Crippen LogP contribution in [0.1, 0.15) is 39.2 Å². The molecule has 0 bridgehead atoms. The van der Waals surface area contributed by atoms with Crippen molar-refractivity contribution in [2.75, 3.05) is 20.1 Å². The zero-order valence-corrected chi connectivity index (χ0v) is 16.1. The SMILES string of the molecule is CN(C(=O)OC(C)(C)C)C1CCN(Cc2cnc(Cl)nc2Cl)CC1. The first-order valence-corrected chi connectivity index (χ1v) is 8.76. The lowest BCUT2D eigenvalue weighted by atomic mass is 10.0. The first-order valence-electron chi connectivity index (χ1n) is 8.01. The fraction of sp³-hybridized carbons (Fsp3) is 0.688. The maximum atomic E-state index is 12.2. The number of aromatic nitrogens is 2. The molecular weight excluding hydrogens is 351 g/mol.